The Morgan fingerprint density at radius 3 is 2.47 bits per heavy atom. The maximum atomic E-state index is 10.9. The molecule has 2 atom stereocenters. The van der Waals surface area contributed by atoms with Crippen molar-refractivity contribution >= 4 is 5.97 Å². The fourth-order valence-corrected chi connectivity index (χ4v) is 1.96. The van der Waals surface area contributed by atoms with E-state index in [4.69, 9.17) is 10.4 Å². The number of hydrogen-bond donors (Lipinski definition) is 1. The van der Waals surface area contributed by atoms with E-state index < -0.39 is 5.97 Å². The Morgan fingerprint density at radius 2 is 2.13 bits per heavy atom. The smallest absolute Gasteiger partial charge is 0.307 e. The molecule has 0 radical (unpaired) electrons. The van der Waals surface area contributed by atoms with Crippen molar-refractivity contribution in [1.29, 1.82) is 5.26 Å². The normalized spacial score (nSPS) is 28.8. The minimum atomic E-state index is -0.779. The van der Waals surface area contributed by atoms with Crippen LogP contribution in [0.5, 0.6) is 0 Å². The summed E-state index contributed by atoms with van der Waals surface area (Å²) >= 11 is 0. The number of allylic oxidation sites excluding steroid dienone is 4. The van der Waals surface area contributed by atoms with Gasteiger partial charge in [-0.1, -0.05) is 26.0 Å². The highest BCUT2D eigenvalue weighted by molar-refractivity contribution is 5.76. The van der Waals surface area contributed by atoms with E-state index in [0.717, 1.165) is 0 Å². The molecule has 3 heteroatoms. The highest BCUT2D eigenvalue weighted by atomic mass is 16.4. The molecule has 3 nitrogen and oxygen atoms in total. The van der Waals surface area contributed by atoms with Crippen LogP contribution in [0.3, 0.4) is 0 Å². The van der Waals surface area contributed by atoms with Crippen LogP contribution in [0.1, 0.15) is 20.8 Å². The maximum Gasteiger partial charge on any atom is 0.307 e. The molecule has 0 spiro atoms. The number of carboxylic acids is 1. The minimum absolute atomic E-state index is 0.0270. The summed E-state index contributed by atoms with van der Waals surface area (Å²) in [6, 6.07) is 2.05. The first-order valence-electron chi connectivity index (χ1n) is 4.92. The van der Waals surface area contributed by atoms with Gasteiger partial charge in [0, 0.05) is 5.57 Å². The molecule has 0 saturated heterocycles. The van der Waals surface area contributed by atoms with Gasteiger partial charge in [-0.3, -0.25) is 4.79 Å². The monoisotopic (exact) mass is 205 g/mol. The topological polar surface area (TPSA) is 61.1 Å². The summed E-state index contributed by atoms with van der Waals surface area (Å²) in [5.74, 6) is -1.16. The average Bonchev–Trinajstić information content (AvgIpc) is 2.67. The lowest BCUT2D eigenvalue weighted by Crippen LogP contribution is -2.03. The van der Waals surface area contributed by atoms with Crippen molar-refractivity contribution in [2.24, 2.45) is 17.3 Å². The van der Waals surface area contributed by atoms with Gasteiger partial charge in [0.15, 0.2) is 0 Å². The standard InChI is InChI=1S/C12H15NO2/c1-4-5-8(7-13)6-9-10(11(14)15)12(9,2)3/h4-6,9-10H,1-3H3,(H,14,15)/t9-,10+/m1/s1. The lowest BCUT2D eigenvalue weighted by molar-refractivity contribution is -0.139. The summed E-state index contributed by atoms with van der Waals surface area (Å²) in [6.07, 6.45) is 5.24. The van der Waals surface area contributed by atoms with Gasteiger partial charge in [-0.25, -0.2) is 0 Å². The molecule has 80 valence electrons. The Morgan fingerprint density at radius 1 is 1.53 bits per heavy atom. The van der Waals surface area contributed by atoms with Crippen molar-refractivity contribution in [2.75, 3.05) is 0 Å². The van der Waals surface area contributed by atoms with Crippen LogP contribution in [-0.4, -0.2) is 11.1 Å². The number of carbonyl (C=O) groups is 1. The van der Waals surface area contributed by atoms with Crippen molar-refractivity contribution in [1.82, 2.24) is 0 Å². The number of aliphatic carboxylic acids is 1. The summed E-state index contributed by atoms with van der Waals surface area (Å²) in [5.41, 5.74) is 0.314. The van der Waals surface area contributed by atoms with Crippen LogP contribution in [0, 0.1) is 28.6 Å². The van der Waals surface area contributed by atoms with Crippen LogP contribution in [0.4, 0.5) is 0 Å². The van der Waals surface area contributed by atoms with E-state index in [0.29, 0.717) is 5.57 Å². The molecular formula is C12H15NO2. The molecule has 1 N–H and O–H groups in total. The third-order valence-corrected chi connectivity index (χ3v) is 3.01. The number of rotatable bonds is 3. The summed E-state index contributed by atoms with van der Waals surface area (Å²) < 4.78 is 0. The lowest BCUT2D eigenvalue weighted by Gasteiger charge is -1.96. The van der Waals surface area contributed by atoms with E-state index in [1.165, 1.54) is 0 Å². The van der Waals surface area contributed by atoms with Gasteiger partial charge in [-0.15, -0.1) is 0 Å². The van der Waals surface area contributed by atoms with Gasteiger partial charge >= 0.3 is 5.97 Å². The van der Waals surface area contributed by atoms with Crippen LogP contribution >= 0.6 is 0 Å². The zero-order chi connectivity index (χ0) is 11.6. The molecular weight excluding hydrogens is 190 g/mol. The molecule has 0 heterocycles. The zero-order valence-electron chi connectivity index (χ0n) is 9.19. The molecule has 0 aromatic rings. The zero-order valence-corrected chi connectivity index (χ0v) is 9.19. The Balaban J connectivity index is 2.86. The molecule has 1 rings (SSSR count). The van der Waals surface area contributed by atoms with Gasteiger partial charge in [0.1, 0.15) is 0 Å². The number of nitriles is 1. The SMILES string of the molecule is CC=CC(C#N)=C[C@@H]1[C@@H](C(=O)O)C1(C)C. The summed E-state index contributed by atoms with van der Waals surface area (Å²) in [7, 11) is 0. The molecule has 0 aromatic heterocycles. The molecule has 0 bridgehead atoms. The van der Waals surface area contributed by atoms with Gasteiger partial charge in [-0.05, 0) is 24.3 Å². The van der Waals surface area contributed by atoms with Gasteiger partial charge in [0.05, 0.1) is 12.0 Å². The number of hydrogen-bond acceptors (Lipinski definition) is 2. The fourth-order valence-electron chi connectivity index (χ4n) is 1.96. The first kappa shape index (κ1) is 11.5. The first-order chi connectivity index (χ1) is 6.95. The minimum Gasteiger partial charge on any atom is -0.481 e. The van der Waals surface area contributed by atoms with E-state index in [2.05, 4.69) is 6.07 Å². The highest BCUT2D eigenvalue weighted by Crippen LogP contribution is 2.59. The van der Waals surface area contributed by atoms with E-state index in [-0.39, 0.29) is 17.3 Å². The molecule has 0 aliphatic heterocycles. The summed E-state index contributed by atoms with van der Waals surface area (Å²) in [4.78, 5) is 10.9. The van der Waals surface area contributed by atoms with Gasteiger partial charge < -0.3 is 5.11 Å². The third-order valence-electron chi connectivity index (χ3n) is 3.01. The molecule has 0 amide bonds. The molecule has 0 unspecified atom stereocenters. The Labute approximate surface area is 89.7 Å². The molecule has 1 fully saturated rings. The predicted octanol–water partition coefficient (Wildman–Crippen LogP) is 2.37. The number of nitrogens with zero attached hydrogens (tertiary/aromatic N) is 1. The molecule has 1 saturated carbocycles. The van der Waals surface area contributed by atoms with Gasteiger partial charge in [0.2, 0.25) is 0 Å². The molecule has 1 aliphatic rings. The Bertz CT molecular complexity index is 372. The lowest BCUT2D eigenvalue weighted by atomic mass is 10.1. The number of carboxylic acid groups (broad SMARTS) is 1. The van der Waals surface area contributed by atoms with E-state index in [1.807, 2.05) is 20.8 Å². The quantitative estimate of drug-likeness (QED) is 0.568. The van der Waals surface area contributed by atoms with Gasteiger partial charge in [-0.2, -0.15) is 5.26 Å². The van der Waals surface area contributed by atoms with Crippen LogP contribution in [0.15, 0.2) is 23.8 Å². The van der Waals surface area contributed by atoms with Crippen molar-refractivity contribution in [3.05, 3.63) is 23.8 Å². The van der Waals surface area contributed by atoms with Crippen LogP contribution in [-0.2, 0) is 4.79 Å². The Hall–Kier alpha value is -1.56. The molecule has 15 heavy (non-hydrogen) atoms. The largest absolute Gasteiger partial charge is 0.481 e. The third kappa shape index (κ3) is 2.10. The summed E-state index contributed by atoms with van der Waals surface area (Å²) in [6.45, 7) is 5.66. The van der Waals surface area contributed by atoms with E-state index in [1.54, 1.807) is 18.2 Å². The second-order valence-corrected chi connectivity index (χ2v) is 4.40. The van der Waals surface area contributed by atoms with Crippen LogP contribution in [0.25, 0.3) is 0 Å². The fraction of sp³-hybridized carbons (Fsp3) is 0.500. The van der Waals surface area contributed by atoms with Crippen molar-refractivity contribution in [3.8, 4) is 6.07 Å². The van der Waals surface area contributed by atoms with Crippen molar-refractivity contribution in [3.63, 3.8) is 0 Å². The van der Waals surface area contributed by atoms with Gasteiger partial charge in [0.25, 0.3) is 0 Å². The predicted molar refractivity (Wildman–Crippen MR) is 56.9 cm³/mol. The second-order valence-electron chi connectivity index (χ2n) is 4.40. The summed E-state index contributed by atoms with van der Waals surface area (Å²) in [5, 5.41) is 17.8. The van der Waals surface area contributed by atoms with Crippen LogP contribution < -0.4 is 0 Å². The van der Waals surface area contributed by atoms with E-state index in [9.17, 15) is 4.79 Å². The van der Waals surface area contributed by atoms with E-state index >= 15 is 0 Å². The second kappa shape index (κ2) is 3.90. The highest BCUT2D eigenvalue weighted by Gasteiger charge is 2.60. The van der Waals surface area contributed by atoms with Crippen molar-refractivity contribution in [2.45, 2.75) is 20.8 Å². The van der Waals surface area contributed by atoms with Crippen LogP contribution in [0.2, 0.25) is 0 Å². The molecule has 0 aromatic carbocycles. The van der Waals surface area contributed by atoms with Crippen molar-refractivity contribution < 1.29 is 9.90 Å². The first-order valence-corrected chi connectivity index (χ1v) is 4.92. The maximum absolute atomic E-state index is 10.9. The average molecular weight is 205 g/mol. The Kier molecular flexibility index (Phi) is 2.99. The molecule has 1 aliphatic carbocycles.